The maximum absolute atomic E-state index is 5.36. The van der Waals surface area contributed by atoms with Gasteiger partial charge in [-0.15, -0.1) is 11.3 Å². The van der Waals surface area contributed by atoms with Gasteiger partial charge in [0.2, 0.25) is 0 Å². The molecule has 3 nitrogen and oxygen atoms in total. The van der Waals surface area contributed by atoms with Gasteiger partial charge in [0.05, 0.1) is 25.5 Å². The van der Waals surface area contributed by atoms with Crippen molar-refractivity contribution in [1.82, 2.24) is 9.88 Å². The van der Waals surface area contributed by atoms with Crippen LogP contribution >= 0.6 is 24.0 Å². The number of morpholine rings is 1. The third kappa shape index (κ3) is 3.68. The summed E-state index contributed by atoms with van der Waals surface area (Å²) in [6.45, 7) is 6.93. The Morgan fingerprint density at radius 1 is 1.41 bits per heavy atom. The van der Waals surface area contributed by atoms with Gasteiger partial charge >= 0.3 is 0 Å². The van der Waals surface area contributed by atoms with Crippen molar-refractivity contribution in [3.05, 3.63) is 15.6 Å². The highest BCUT2D eigenvalue weighted by Gasteiger charge is 2.15. The van der Waals surface area contributed by atoms with Gasteiger partial charge < -0.3 is 4.74 Å². The van der Waals surface area contributed by atoms with Crippen LogP contribution < -0.4 is 0 Å². The zero-order chi connectivity index (χ0) is 12.1. The Hall–Kier alpha value is -0.100. The van der Waals surface area contributed by atoms with E-state index in [1.165, 1.54) is 15.6 Å². The molecule has 1 fully saturated rings. The van der Waals surface area contributed by atoms with Crippen molar-refractivity contribution < 1.29 is 4.74 Å². The number of hydrogen-bond donors (Lipinski definition) is 1. The third-order valence-electron chi connectivity index (χ3n) is 2.92. The van der Waals surface area contributed by atoms with Crippen molar-refractivity contribution in [2.45, 2.75) is 32.1 Å². The molecule has 1 aromatic heterocycles. The fraction of sp³-hybridized carbons (Fsp3) is 0.750. The summed E-state index contributed by atoms with van der Waals surface area (Å²) >= 11 is 6.21. The van der Waals surface area contributed by atoms with Gasteiger partial charge in [-0.3, -0.25) is 4.90 Å². The molecule has 0 radical (unpaired) electrons. The average molecular weight is 272 g/mol. The molecule has 1 aromatic rings. The van der Waals surface area contributed by atoms with E-state index in [-0.39, 0.29) is 0 Å². The first-order chi connectivity index (χ1) is 8.33. The monoisotopic (exact) mass is 272 g/mol. The van der Waals surface area contributed by atoms with Crippen LogP contribution in [-0.4, -0.2) is 36.2 Å². The highest BCUT2D eigenvalue weighted by atomic mass is 32.1. The minimum absolute atomic E-state index is 0.816. The Kier molecular flexibility index (Phi) is 5.28. The summed E-state index contributed by atoms with van der Waals surface area (Å²) in [6, 6.07) is 0. The topological polar surface area (TPSA) is 25.4 Å². The summed E-state index contributed by atoms with van der Waals surface area (Å²) in [5.41, 5.74) is 1.26. The zero-order valence-electron chi connectivity index (χ0n) is 10.3. The number of thiol groups is 1. The Balaban J connectivity index is 1.99. The summed E-state index contributed by atoms with van der Waals surface area (Å²) in [6.07, 6.45) is 2.23. The zero-order valence-corrected chi connectivity index (χ0v) is 12.0. The van der Waals surface area contributed by atoms with E-state index in [0.29, 0.717) is 0 Å². The number of nitrogens with zero attached hydrogens (tertiary/aromatic N) is 2. The summed E-state index contributed by atoms with van der Waals surface area (Å²) in [5, 5.41) is 1.24. The first-order valence-corrected chi connectivity index (χ1v) is 7.66. The highest BCUT2D eigenvalue weighted by Crippen LogP contribution is 2.23. The van der Waals surface area contributed by atoms with Crippen molar-refractivity contribution in [3.8, 4) is 0 Å². The van der Waals surface area contributed by atoms with Crippen LogP contribution in [0.2, 0.25) is 0 Å². The first kappa shape index (κ1) is 13.3. The molecule has 1 aliphatic rings. The van der Waals surface area contributed by atoms with Gasteiger partial charge in [-0.1, -0.05) is 13.3 Å². The number of rotatable bonds is 5. The lowest BCUT2D eigenvalue weighted by atomic mass is 10.2. The molecule has 0 N–H and O–H groups in total. The van der Waals surface area contributed by atoms with Crippen molar-refractivity contribution >= 4 is 24.0 Å². The summed E-state index contributed by atoms with van der Waals surface area (Å²) < 4.78 is 5.36. The molecule has 1 aliphatic heterocycles. The van der Waals surface area contributed by atoms with Crippen LogP contribution in [0.15, 0.2) is 0 Å². The van der Waals surface area contributed by atoms with Crippen LogP contribution in [0.1, 0.15) is 28.9 Å². The number of ether oxygens (including phenoxy) is 1. The number of aromatic nitrogens is 1. The van der Waals surface area contributed by atoms with E-state index in [0.717, 1.165) is 51.4 Å². The van der Waals surface area contributed by atoms with Crippen molar-refractivity contribution in [2.24, 2.45) is 0 Å². The fourth-order valence-electron chi connectivity index (χ4n) is 2.01. The Labute approximate surface area is 113 Å². The van der Waals surface area contributed by atoms with Gasteiger partial charge in [-0.2, -0.15) is 12.6 Å². The minimum Gasteiger partial charge on any atom is -0.379 e. The molecule has 0 aromatic carbocycles. The molecule has 2 rings (SSSR count). The Bertz CT molecular complexity index is 348. The summed E-state index contributed by atoms with van der Waals surface area (Å²) in [7, 11) is 0. The van der Waals surface area contributed by atoms with Crippen molar-refractivity contribution in [3.63, 3.8) is 0 Å². The van der Waals surface area contributed by atoms with Crippen molar-refractivity contribution in [1.29, 1.82) is 0 Å². The normalized spacial score (nSPS) is 17.5. The number of aryl methyl sites for hydroxylation is 1. The molecule has 0 atom stereocenters. The lowest BCUT2D eigenvalue weighted by Crippen LogP contribution is -2.35. The van der Waals surface area contributed by atoms with E-state index in [9.17, 15) is 0 Å². The second-order valence-electron chi connectivity index (χ2n) is 4.27. The SMILES string of the molecule is CCCc1nc(CN2CCOCC2)sc1CS. The summed E-state index contributed by atoms with van der Waals surface area (Å²) in [5.74, 6) is 0.816. The van der Waals surface area contributed by atoms with Gasteiger partial charge in [0, 0.05) is 23.7 Å². The van der Waals surface area contributed by atoms with Crippen LogP contribution in [0.3, 0.4) is 0 Å². The Morgan fingerprint density at radius 2 is 2.18 bits per heavy atom. The Morgan fingerprint density at radius 3 is 2.82 bits per heavy atom. The van der Waals surface area contributed by atoms with Gasteiger partial charge in [-0.05, 0) is 6.42 Å². The largest absolute Gasteiger partial charge is 0.379 e. The second-order valence-corrected chi connectivity index (χ2v) is 5.76. The van der Waals surface area contributed by atoms with E-state index in [1.54, 1.807) is 0 Å². The van der Waals surface area contributed by atoms with Crippen LogP contribution in [0.5, 0.6) is 0 Å². The number of thiazole rings is 1. The smallest absolute Gasteiger partial charge is 0.107 e. The van der Waals surface area contributed by atoms with Crippen LogP contribution in [0, 0.1) is 0 Å². The molecule has 0 bridgehead atoms. The highest BCUT2D eigenvalue weighted by molar-refractivity contribution is 7.79. The standard InChI is InChI=1S/C12H20N2OS2/c1-2-3-10-11(9-16)17-12(13-10)8-14-4-6-15-7-5-14/h16H,2-9H2,1H3. The third-order valence-corrected chi connectivity index (χ3v) is 4.53. The van der Waals surface area contributed by atoms with E-state index in [1.807, 2.05) is 11.3 Å². The molecule has 2 heterocycles. The lowest BCUT2D eigenvalue weighted by molar-refractivity contribution is 0.0341. The molecular weight excluding hydrogens is 252 g/mol. The van der Waals surface area contributed by atoms with Crippen LogP contribution in [-0.2, 0) is 23.5 Å². The van der Waals surface area contributed by atoms with Crippen LogP contribution in [0.4, 0.5) is 0 Å². The predicted molar refractivity (Wildman–Crippen MR) is 74.9 cm³/mol. The van der Waals surface area contributed by atoms with Crippen LogP contribution in [0.25, 0.3) is 0 Å². The quantitative estimate of drug-likeness (QED) is 0.833. The maximum atomic E-state index is 5.36. The van der Waals surface area contributed by atoms with E-state index in [2.05, 4.69) is 24.5 Å². The number of hydrogen-bond acceptors (Lipinski definition) is 5. The molecule has 0 amide bonds. The van der Waals surface area contributed by atoms with Crippen molar-refractivity contribution in [2.75, 3.05) is 26.3 Å². The molecule has 0 saturated carbocycles. The predicted octanol–water partition coefficient (Wildman–Crippen LogP) is 2.36. The average Bonchev–Trinajstić information content (AvgIpc) is 2.73. The second kappa shape index (κ2) is 6.73. The van der Waals surface area contributed by atoms with E-state index >= 15 is 0 Å². The summed E-state index contributed by atoms with van der Waals surface area (Å²) in [4.78, 5) is 8.51. The van der Waals surface area contributed by atoms with Gasteiger partial charge in [0.15, 0.2) is 0 Å². The van der Waals surface area contributed by atoms with Gasteiger partial charge in [-0.25, -0.2) is 4.98 Å². The molecule has 0 aliphatic carbocycles. The molecule has 5 heteroatoms. The first-order valence-electron chi connectivity index (χ1n) is 6.22. The molecule has 0 spiro atoms. The molecule has 0 unspecified atom stereocenters. The van der Waals surface area contributed by atoms with Gasteiger partial charge in [0.1, 0.15) is 5.01 Å². The van der Waals surface area contributed by atoms with E-state index < -0.39 is 0 Å². The lowest BCUT2D eigenvalue weighted by Gasteiger charge is -2.25. The van der Waals surface area contributed by atoms with Gasteiger partial charge in [0.25, 0.3) is 0 Å². The van der Waals surface area contributed by atoms with E-state index in [4.69, 9.17) is 9.72 Å². The molecule has 17 heavy (non-hydrogen) atoms. The molecule has 1 saturated heterocycles. The minimum atomic E-state index is 0.816. The fourth-order valence-corrected chi connectivity index (χ4v) is 3.40. The molecular formula is C12H20N2OS2. The molecule has 96 valence electrons. The maximum Gasteiger partial charge on any atom is 0.107 e.